The second-order valence-electron chi connectivity index (χ2n) is 11.5. The van der Waals surface area contributed by atoms with Gasteiger partial charge in [0.1, 0.15) is 18.2 Å². The number of pyridine rings is 1. The molecule has 8 rings (SSSR count). The molecule has 44 heavy (non-hydrogen) atoms. The summed E-state index contributed by atoms with van der Waals surface area (Å²) in [5, 5.41) is 11.1. The van der Waals surface area contributed by atoms with Gasteiger partial charge in [0, 0.05) is 22.4 Å². The van der Waals surface area contributed by atoms with E-state index >= 15 is 0 Å². The first kappa shape index (κ1) is 26.3. The maximum atomic E-state index is 5.20. The number of fused-ring (bicyclic) bond motifs is 3. The molecule has 0 bridgehead atoms. The molecular weight excluding hydrogens is 536 g/mol. The van der Waals surface area contributed by atoms with Crippen LogP contribution in [-0.2, 0) is 0 Å². The molecule has 0 saturated heterocycles. The van der Waals surface area contributed by atoms with Crippen molar-refractivity contribution in [2.75, 3.05) is 0 Å². The molecule has 0 spiro atoms. The van der Waals surface area contributed by atoms with Gasteiger partial charge in [-0.2, -0.15) is 0 Å². The van der Waals surface area contributed by atoms with E-state index in [4.69, 9.17) is 9.98 Å². The van der Waals surface area contributed by atoms with Crippen LogP contribution in [-0.4, -0.2) is 10.8 Å². The molecule has 212 valence electrons. The first-order valence-corrected chi connectivity index (χ1v) is 15.3. The van der Waals surface area contributed by atoms with Crippen molar-refractivity contribution in [3.63, 3.8) is 0 Å². The summed E-state index contributed by atoms with van der Waals surface area (Å²) in [6.07, 6.45) is 9.61. The average Bonchev–Trinajstić information content (AvgIpc) is 3.12. The fraction of sp³-hybridized carbons (Fsp3) is 0.100. The van der Waals surface area contributed by atoms with E-state index in [9.17, 15) is 0 Å². The van der Waals surface area contributed by atoms with Gasteiger partial charge >= 0.3 is 0 Å². The van der Waals surface area contributed by atoms with Crippen molar-refractivity contribution in [1.82, 2.24) is 15.6 Å². The SMILES string of the molecule is C1=CCC(c2cc(-c3ccc(C4NC(c5ccccc5)=NC(c5ccccc5)N4)cc3)nc3ccc4ccccc4c23)C=C1. The molecule has 2 heterocycles. The van der Waals surface area contributed by atoms with E-state index in [0.29, 0.717) is 5.92 Å². The normalized spacial score (nSPS) is 19.5. The molecule has 4 nitrogen and oxygen atoms in total. The minimum atomic E-state index is -0.158. The summed E-state index contributed by atoms with van der Waals surface area (Å²) in [5.74, 6) is 1.20. The lowest BCUT2D eigenvalue weighted by molar-refractivity contribution is 0.409. The van der Waals surface area contributed by atoms with Crippen molar-refractivity contribution >= 4 is 27.5 Å². The van der Waals surface area contributed by atoms with Gasteiger partial charge in [0.2, 0.25) is 0 Å². The lowest BCUT2D eigenvalue weighted by Crippen LogP contribution is -2.44. The number of nitrogens with one attached hydrogen (secondary N) is 2. The highest BCUT2D eigenvalue weighted by molar-refractivity contribution is 6.08. The maximum Gasteiger partial charge on any atom is 0.131 e. The Kier molecular flexibility index (Phi) is 6.82. The minimum Gasteiger partial charge on any atom is -0.350 e. The van der Waals surface area contributed by atoms with Crippen molar-refractivity contribution in [1.29, 1.82) is 0 Å². The standard InChI is InChI=1S/C40H32N4/c1-4-12-27(13-5-1)34-26-36(41-35-25-24-28-14-10-11-19-33(28)37(34)35)29-20-22-32(23-21-29)40-43-38(30-15-6-2-7-16-30)42-39(44-40)31-17-8-3-9-18-31/h1-12,14-27,38,40,43H,13H2,(H,42,44). The minimum absolute atomic E-state index is 0.104. The predicted molar refractivity (Wildman–Crippen MR) is 181 cm³/mol. The van der Waals surface area contributed by atoms with Gasteiger partial charge in [-0.25, -0.2) is 9.98 Å². The summed E-state index contributed by atoms with van der Waals surface area (Å²) in [5.41, 5.74) is 7.82. The van der Waals surface area contributed by atoms with Crippen LogP contribution in [0, 0.1) is 0 Å². The molecule has 0 radical (unpaired) electrons. The Balaban J connectivity index is 1.17. The van der Waals surface area contributed by atoms with Gasteiger partial charge in [0.05, 0.1) is 11.2 Å². The Bertz CT molecular complexity index is 2040. The Morgan fingerprint density at radius 3 is 2.23 bits per heavy atom. The van der Waals surface area contributed by atoms with Crippen LogP contribution >= 0.6 is 0 Å². The molecule has 0 saturated carbocycles. The van der Waals surface area contributed by atoms with Crippen LogP contribution in [0.15, 0.2) is 157 Å². The highest BCUT2D eigenvalue weighted by atomic mass is 15.3. The molecule has 4 heteroatoms. The zero-order valence-corrected chi connectivity index (χ0v) is 24.3. The molecule has 3 unspecified atom stereocenters. The van der Waals surface area contributed by atoms with Crippen molar-refractivity contribution in [3.8, 4) is 11.3 Å². The lowest BCUT2D eigenvalue weighted by atomic mass is 9.87. The van der Waals surface area contributed by atoms with E-state index < -0.39 is 0 Å². The van der Waals surface area contributed by atoms with Crippen molar-refractivity contribution in [3.05, 3.63) is 174 Å². The van der Waals surface area contributed by atoms with Crippen molar-refractivity contribution in [2.45, 2.75) is 24.7 Å². The van der Waals surface area contributed by atoms with Crippen LogP contribution in [0.4, 0.5) is 0 Å². The molecule has 1 aliphatic heterocycles. The van der Waals surface area contributed by atoms with Crippen LogP contribution in [0.1, 0.15) is 46.9 Å². The van der Waals surface area contributed by atoms with Crippen LogP contribution in [0.5, 0.6) is 0 Å². The third-order valence-corrected chi connectivity index (χ3v) is 8.68. The van der Waals surface area contributed by atoms with Gasteiger partial charge in [-0.15, -0.1) is 0 Å². The molecule has 2 aliphatic rings. The van der Waals surface area contributed by atoms with E-state index in [1.807, 2.05) is 12.1 Å². The third kappa shape index (κ3) is 5.00. The Hall–Kier alpha value is -5.32. The number of aromatic nitrogens is 1. The number of aliphatic imine (C=N–C) groups is 1. The second-order valence-corrected chi connectivity index (χ2v) is 11.5. The molecular formula is C40H32N4. The quantitative estimate of drug-likeness (QED) is 0.204. The van der Waals surface area contributed by atoms with E-state index in [2.05, 4.69) is 150 Å². The van der Waals surface area contributed by atoms with E-state index in [-0.39, 0.29) is 12.3 Å². The third-order valence-electron chi connectivity index (χ3n) is 8.68. The maximum absolute atomic E-state index is 5.20. The summed E-state index contributed by atoms with van der Waals surface area (Å²) in [6, 6.07) is 44.8. The number of hydrogen-bond acceptors (Lipinski definition) is 4. The number of benzene rings is 5. The number of hydrogen-bond donors (Lipinski definition) is 2. The predicted octanol–water partition coefficient (Wildman–Crippen LogP) is 8.99. The molecule has 2 N–H and O–H groups in total. The topological polar surface area (TPSA) is 49.3 Å². The van der Waals surface area contributed by atoms with Crippen molar-refractivity contribution < 1.29 is 0 Å². The zero-order valence-electron chi connectivity index (χ0n) is 24.3. The molecule has 3 atom stereocenters. The van der Waals surface area contributed by atoms with Crippen LogP contribution in [0.2, 0.25) is 0 Å². The van der Waals surface area contributed by atoms with Gasteiger partial charge in [0.15, 0.2) is 0 Å². The summed E-state index contributed by atoms with van der Waals surface area (Å²) in [4.78, 5) is 10.2. The average molecular weight is 569 g/mol. The molecule has 1 aromatic heterocycles. The summed E-state index contributed by atoms with van der Waals surface area (Å²) >= 11 is 0. The van der Waals surface area contributed by atoms with Gasteiger partial charge in [-0.3, -0.25) is 5.32 Å². The van der Waals surface area contributed by atoms with E-state index in [1.165, 1.54) is 21.7 Å². The largest absolute Gasteiger partial charge is 0.350 e. The highest BCUT2D eigenvalue weighted by Gasteiger charge is 2.25. The fourth-order valence-corrected chi connectivity index (χ4v) is 6.42. The molecule has 5 aromatic carbocycles. The first-order valence-electron chi connectivity index (χ1n) is 15.3. The van der Waals surface area contributed by atoms with Crippen LogP contribution in [0.3, 0.4) is 0 Å². The zero-order chi connectivity index (χ0) is 29.3. The van der Waals surface area contributed by atoms with E-state index in [0.717, 1.165) is 45.7 Å². The van der Waals surface area contributed by atoms with Gasteiger partial charge in [-0.05, 0) is 46.0 Å². The van der Waals surface area contributed by atoms with Crippen molar-refractivity contribution in [2.24, 2.45) is 4.99 Å². The number of allylic oxidation sites excluding steroid dienone is 4. The lowest BCUT2D eigenvalue weighted by Gasteiger charge is -2.32. The summed E-state index contributed by atoms with van der Waals surface area (Å²) < 4.78 is 0. The second kappa shape index (κ2) is 11.4. The molecule has 1 aliphatic carbocycles. The van der Waals surface area contributed by atoms with E-state index in [1.54, 1.807) is 0 Å². The van der Waals surface area contributed by atoms with Crippen LogP contribution < -0.4 is 10.6 Å². The number of nitrogens with zero attached hydrogens (tertiary/aromatic N) is 2. The summed E-state index contributed by atoms with van der Waals surface area (Å²) in [6.45, 7) is 0. The fourth-order valence-electron chi connectivity index (χ4n) is 6.42. The smallest absolute Gasteiger partial charge is 0.131 e. The Labute approximate surface area is 257 Å². The Morgan fingerprint density at radius 2 is 1.43 bits per heavy atom. The van der Waals surface area contributed by atoms with Gasteiger partial charge in [0.25, 0.3) is 0 Å². The highest BCUT2D eigenvalue weighted by Crippen LogP contribution is 2.37. The molecule has 0 amide bonds. The molecule has 0 fully saturated rings. The van der Waals surface area contributed by atoms with Gasteiger partial charge < -0.3 is 5.32 Å². The monoisotopic (exact) mass is 568 g/mol. The Morgan fingerprint density at radius 1 is 0.659 bits per heavy atom. The number of rotatable bonds is 5. The summed E-state index contributed by atoms with van der Waals surface area (Å²) in [7, 11) is 0. The number of amidine groups is 1. The van der Waals surface area contributed by atoms with Crippen LogP contribution in [0.25, 0.3) is 32.9 Å². The first-order chi connectivity index (χ1) is 21.8. The molecule has 6 aromatic rings. The van der Waals surface area contributed by atoms with Gasteiger partial charge in [-0.1, -0.05) is 140 Å².